The van der Waals surface area contributed by atoms with E-state index in [1.807, 2.05) is 13.8 Å². The van der Waals surface area contributed by atoms with E-state index >= 15 is 0 Å². The average Bonchev–Trinajstić information content (AvgIpc) is 2.31. The van der Waals surface area contributed by atoms with Crippen LogP contribution in [0.15, 0.2) is 6.33 Å². The van der Waals surface area contributed by atoms with E-state index in [2.05, 4.69) is 20.6 Å². The molecule has 4 heteroatoms. The Kier molecular flexibility index (Phi) is 1.21. The van der Waals surface area contributed by atoms with Gasteiger partial charge >= 0.3 is 0 Å². The Bertz CT molecular complexity index is 284. The molecule has 0 aliphatic carbocycles. The molecule has 0 radical (unpaired) electrons. The molecule has 11 heavy (non-hydrogen) atoms. The highest BCUT2D eigenvalue weighted by Crippen LogP contribution is 2.27. The average molecular weight is 150 g/mol. The van der Waals surface area contributed by atoms with Crippen LogP contribution < -0.4 is 10.6 Å². The van der Waals surface area contributed by atoms with Gasteiger partial charge in [0.25, 0.3) is 0 Å². The van der Waals surface area contributed by atoms with Crippen LogP contribution in [0.3, 0.4) is 0 Å². The maximum Gasteiger partial charge on any atom is 0.154 e. The highest BCUT2D eigenvalue weighted by atomic mass is 15.2. The molecule has 0 saturated carbocycles. The predicted molar refractivity (Wildman–Crippen MR) is 43.5 cm³/mol. The third-order valence-corrected chi connectivity index (χ3v) is 1.75. The molecule has 2 heterocycles. The monoisotopic (exact) mass is 150 g/mol. The lowest BCUT2D eigenvalue weighted by Crippen LogP contribution is -2.16. The number of nitrogens with one attached hydrogen (secondary N) is 2. The van der Waals surface area contributed by atoms with Crippen molar-refractivity contribution in [2.45, 2.75) is 20.0 Å². The number of nitrogens with zero attached hydrogens (tertiary/aromatic N) is 2. The van der Waals surface area contributed by atoms with E-state index in [-0.39, 0.29) is 6.17 Å². The van der Waals surface area contributed by atoms with Gasteiger partial charge in [0.1, 0.15) is 12.0 Å². The van der Waals surface area contributed by atoms with E-state index in [0.29, 0.717) is 0 Å². The smallest absolute Gasteiger partial charge is 0.154 e. The van der Waals surface area contributed by atoms with Gasteiger partial charge < -0.3 is 10.6 Å². The van der Waals surface area contributed by atoms with Crippen LogP contribution in [-0.4, -0.2) is 16.1 Å². The first-order chi connectivity index (χ1) is 5.27. The van der Waals surface area contributed by atoms with Crippen molar-refractivity contribution in [1.29, 1.82) is 0 Å². The zero-order valence-corrected chi connectivity index (χ0v) is 6.55. The molecule has 0 spiro atoms. The Labute approximate surface area is 65.1 Å². The molecule has 1 atom stereocenters. The zero-order valence-electron chi connectivity index (χ0n) is 6.55. The van der Waals surface area contributed by atoms with Gasteiger partial charge in [0, 0.05) is 0 Å². The number of hydrogen-bond acceptors (Lipinski definition) is 4. The van der Waals surface area contributed by atoms with Crippen LogP contribution in [0.25, 0.3) is 0 Å². The van der Waals surface area contributed by atoms with Gasteiger partial charge in [-0.05, 0) is 13.8 Å². The summed E-state index contributed by atoms with van der Waals surface area (Å²) in [6, 6.07) is 0. The fraction of sp³-hybridized carbons (Fsp3) is 0.429. The number of fused-ring (bicyclic) bond motifs is 1. The fourth-order valence-electron chi connectivity index (χ4n) is 1.21. The second-order valence-electron chi connectivity index (χ2n) is 2.69. The van der Waals surface area contributed by atoms with E-state index < -0.39 is 0 Å². The minimum atomic E-state index is 0.264. The molecule has 0 saturated heterocycles. The number of rotatable bonds is 0. The first-order valence-corrected chi connectivity index (χ1v) is 3.62. The number of aromatic nitrogens is 2. The standard InChI is InChI=1S/C7H10N4/c1-4-6-7(9-3-8-4)11-5(2)10-6/h3,5,10H,1-2H3,(H,8,9,11). The summed E-state index contributed by atoms with van der Waals surface area (Å²) in [5.41, 5.74) is 2.02. The summed E-state index contributed by atoms with van der Waals surface area (Å²) >= 11 is 0. The summed E-state index contributed by atoms with van der Waals surface area (Å²) in [4.78, 5) is 8.16. The lowest BCUT2D eigenvalue weighted by Gasteiger charge is -2.01. The molecule has 2 rings (SSSR count). The molecule has 1 unspecified atom stereocenters. The second-order valence-corrected chi connectivity index (χ2v) is 2.69. The van der Waals surface area contributed by atoms with Crippen molar-refractivity contribution in [1.82, 2.24) is 9.97 Å². The van der Waals surface area contributed by atoms with Crippen molar-refractivity contribution in [3.8, 4) is 0 Å². The molecule has 1 aliphatic rings. The number of anilines is 2. The number of hydrogen-bond donors (Lipinski definition) is 2. The Morgan fingerprint density at radius 2 is 2.18 bits per heavy atom. The first kappa shape index (κ1) is 6.39. The van der Waals surface area contributed by atoms with Crippen LogP contribution in [0.4, 0.5) is 11.5 Å². The normalized spacial score (nSPS) is 20.4. The van der Waals surface area contributed by atoms with Crippen LogP contribution in [-0.2, 0) is 0 Å². The maximum atomic E-state index is 4.09. The van der Waals surface area contributed by atoms with Gasteiger partial charge in [-0.15, -0.1) is 0 Å². The van der Waals surface area contributed by atoms with Crippen LogP contribution in [0.5, 0.6) is 0 Å². The van der Waals surface area contributed by atoms with Crippen LogP contribution in [0, 0.1) is 6.92 Å². The Hall–Kier alpha value is -1.32. The van der Waals surface area contributed by atoms with Crippen LogP contribution >= 0.6 is 0 Å². The molecule has 2 N–H and O–H groups in total. The molecule has 0 bridgehead atoms. The Morgan fingerprint density at radius 1 is 1.36 bits per heavy atom. The predicted octanol–water partition coefficient (Wildman–Crippen LogP) is 0.968. The summed E-state index contributed by atoms with van der Waals surface area (Å²) in [6.07, 6.45) is 1.83. The summed E-state index contributed by atoms with van der Waals surface area (Å²) in [7, 11) is 0. The first-order valence-electron chi connectivity index (χ1n) is 3.62. The third kappa shape index (κ3) is 0.906. The van der Waals surface area contributed by atoms with Crippen molar-refractivity contribution >= 4 is 11.5 Å². The van der Waals surface area contributed by atoms with Crippen molar-refractivity contribution in [3.63, 3.8) is 0 Å². The van der Waals surface area contributed by atoms with E-state index in [1.165, 1.54) is 0 Å². The SMILES string of the molecule is Cc1ncnc2c1NC(C)N2. The zero-order chi connectivity index (χ0) is 7.84. The van der Waals surface area contributed by atoms with E-state index in [0.717, 1.165) is 17.2 Å². The van der Waals surface area contributed by atoms with E-state index in [1.54, 1.807) is 6.33 Å². The topological polar surface area (TPSA) is 49.8 Å². The van der Waals surface area contributed by atoms with Gasteiger partial charge in [-0.2, -0.15) is 0 Å². The lowest BCUT2D eigenvalue weighted by atomic mass is 10.3. The van der Waals surface area contributed by atoms with E-state index in [9.17, 15) is 0 Å². The second kappa shape index (κ2) is 2.08. The van der Waals surface area contributed by atoms with Gasteiger partial charge in [-0.1, -0.05) is 0 Å². The molecule has 58 valence electrons. The molecule has 0 amide bonds. The van der Waals surface area contributed by atoms with Crippen molar-refractivity contribution in [2.75, 3.05) is 10.6 Å². The molecule has 1 aromatic heterocycles. The van der Waals surface area contributed by atoms with Gasteiger partial charge in [-0.3, -0.25) is 0 Å². The third-order valence-electron chi connectivity index (χ3n) is 1.75. The number of aryl methyl sites for hydroxylation is 1. The van der Waals surface area contributed by atoms with Crippen LogP contribution in [0.2, 0.25) is 0 Å². The molecule has 1 aliphatic heterocycles. The highest BCUT2D eigenvalue weighted by molar-refractivity contribution is 5.71. The summed E-state index contributed by atoms with van der Waals surface area (Å²) in [5, 5.41) is 6.41. The largest absolute Gasteiger partial charge is 0.361 e. The quantitative estimate of drug-likeness (QED) is 0.578. The fourth-order valence-corrected chi connectivity index (χ4v) is 1.21. The van der Waals surface area contributed by atoms with Gasteiger partial charge in [0.05, 0.1) is 11.9 Å². The minimum Gasteiger partial charge on any atom is -0.361 e. The minimum absolute atomic E-state index is 0.264. The van der Waals surface area contributed by atoms with Crippen LogP contribution in [0.1, 0.15) is 12.6 Å². The summed E-state index contributed by atoms with van der Waals surface area (Å²) < 4.78 is 0. The summed E-state index contributed by atoms with van der Waals surface area (Å²) in [5.74, 6) is 0.907. The summed E-state index contributed by atoms with van der Waals surface area (Å²) in [6.45, 7) is 4.01. The van der Waals surface area contributed by atoms with Crippen molar-refractivity contribution < 1.29 is 0 Å². The van der Waals surface area contributed by atoms with E-state index in [4.69, 9.17) is 0 Å². The van der Waals surface area contributed by atoms with Crippen molar-refractivity contribution in [2.24, 2.45) is 0 Å². The molecular weight excluding hydrogens is 140 g/mol. The molecule has 4 nitrogen and oxygen atoms in total. The van der Waals surface area contributed by atoms with Crippen molar-refractivity contribution in [3.05, 3.63) is 12.0 Å². The Morgan fingerprint density at radius 3 is 2.91 bits per heavy atom. The highest BCUT2D eigenvalue weighted by Gasteiger charge is 2.18. The van der Waals surface area contributed by atoms with Gasteiger partial charge in [0.2, 0.25) is 0 Å². The Balaban J connectivity index is 2.49. The molecule has 1 aromatic rings. The van der Waals surface area contributed by atoms with Gasteiger partial charge in [-0.25, -0.2) is 9.97 Å². The molecular formula is C7H10N4. The lowest BCUT2D eigenvalue weighted by molar-refractivity contribution is 0.950. The van der Waals surface area contributed by atoms with Gasteiger partial charge in [0.15, 0.2) is 5.82 Å². The molecule has 0 aromatic carbocycles. The molecule has 0 fully saturated rings. The maximum absolute atomic E-state index is 4.09.